The minimum atomic E-state index is -0.699. The van der Waals surface area contributed by atoms with Crippen LogP contribution in [0.25, 0.3) is 43.7 Å². The topological polar surface area (TPSA) is 65.1 Å². The van der Waals surface area contributed by atoms with Crippen LogP contribution >= 0.6 is 0 Å². The van der Waals surface area contributed by atoms with Gasteiger partial charge >= 0.3 is 0 Å². The van der Waals surface area contributed by atoms with Gasteiger partial charge in [0.05, 0.1) is 17.1 Å². The molecule has 5 aromatic carbocycles. The Labute approximate surface area is 196 Å². The molecule has 4 heteroatoms. The van der Waals surface area contributed by atoms with Crippen LogP contribution in [0.4, 0.5) is 0 Å². The molecule has 1 atom stereocenters. The van der Waals surface area contributed by atoms with Crippen molar-refractivity contribution < 1.29 is 10.0 Å². The fourth-order valence-corrected chi connectivity index (χ4v) is 5.07. The van der Waals surface area contributed by atoms with Crippen molar-refractivity contribution in [2.45, 2.75) is 5.92 Å². The third kappa shape index (κ3) is 3.16. The molecule has 0 bridgehead atoms. The Morgan fingerprint density at radius 2 is 1.32 bits per heavy atom. The van der Waals surface area contributed by atoms with Gasteiger partial charge < -0.3 is 4.98 Å². The standard InChI is InChI=1S/C30H22N2O2/c33-30(32-34)26(21-11-2-1-3-12-21)27-25-18-17-20-10-5-7-15-23(20)28(25)31-29(27)24-16-8-13-19-9-4-6-14-22(19)24/h1-18,26,31,34H,(H,32,33). The second kappa shape index (κ2) is 8.18. The zero-order chi connectivity index (χ0) is 23.1. The first-order valence-corrected chi connectivity index (χ1v) is 11.3. The number of carbonyl (C=O) groups is 1. The molecule has 0 spiro atoms. The highest BCUT2D eigenvalue weighted by molar-refractivity contribution is 6.12. The van der Waals surface area contributed by atoms with E-state index in [1.807, 2.05) is 66.1 Å². The van der Waals surface area contributed by atoms with Crippen LogP contribution in [0.3, 0.4) is 0 Å². The van der Waals surface area contributed by atoms with Crippen molar-refractivity contribution in [1.29, 1.82) is 0 Å². The molecule has 1 amide bonds. The first-order chi connectivity index (χ1) is 16.8. The Balaban J connectivity index is 1.76. The van der Waals surface area contributed by atoms with Gasteiger partial charge in [-0.05, 0) is 21.7 Å². The molecule has 164 valence electrons. The third-order valence-electron chi connectivity index (χ3n) is 6.59. The lowest BCUT2D eigenvalue weighted by molar-refractivity contribution is -0.129. The Kier molecular flexibility index (Phi) is 4.86. The van der Waals surface area contributed by atoms with Crippen molar-refractivity contribution in [1.82, 2.24) is 10.5 Å². The van der Waals surface area contributed by atoms with Gasteiger partial charge in [0.2, 0.25) is 0 Å². The Morgan fingerprint density at radius 3 is 2.09 bits per heavy atom. The smallest absolute Gasteiger partial charge is 0.255 e. The highest BCUT2D eigenvalue weighted by Gasteiger charge is 2.30. The molecule has 0 aliphatic rings. The van der Waals surface area contributed by atoms with Crippen molar-refractivity contribution in [3.8, 4) is 11.3 Å². The van der Waals surface area contributed by atoms with Gasteiger partial charge in [-0.1, -0.05) is 109 Å². The maximum atomic E-state index is 13.2. The number of fused-ring (bicyclic) bond motifs is 4. The summed E-state index contributed by atoms with van der Waals surface area (Å²) in [6, 6.07) is 36.4. The van der Waals surface area contributed by atoms with Gasteiger partial charge in [0.1, 0.15) is 0 Å². The molecule has 0 saturated heterocycles. The summed E-state index contributed by atoms with van der Waals surface area (Å²) in [4.78, 5) is 16.9. The van der Waals surface area contributed by atoms with E-state index < -0.39 is 11.8 Å². The highest BCUT2D eigenvalue weighted by atomic mass is 16.5. The number of carbonyl (C=O) groups excluding carboxylic acids is 1. The van der Waals surface area contributed by atoms with Crippen LogP contribution in [0.1, 0.15) is 17.0 Å². The molecular formula is C30H22N2O2. The van der Waals surface area contributed by atoms with Gasteiger partial charge in [0, 0.05) is 21.9 Å². The zero-order valence-electron chi connectivity index (χ0n) is 18.3. The van der Waals surface area contributed by atoms with E-state index in [2.05, 4.69) is 53.5 Å². The fourth-order valence-electron chi connectivity index (χ4n) is 5.07. The van der Waals surface area contributed by atoms with Crippen molar-refractivity contribution in [3.63, 3.8) is 0 Å². The lowest BCUT2D eigenvalue weighted by Crippen LogP contribution is -2.27. The van der Waals surface area contributed by atoms with Crippen LogP contribution in [-0.4, -0.2) is 16.1 Å². The minimum absolute atomic E-state index is 0.471. The number of aromatic amines is 1. The first-order valence-electron chi connectivity index (χ1n) is 11.3. The van der Waals surface area contributed by atoms with Crippen LogP contribution in [0.5, 0.6) is 0 Å². The summed E-state index contributed by atoms with van der Waals surface area (Å²) >= 11 is 0. The number of rotatable bonds is 4. The number of hydrogen-bond acceptors (Lipinski definition) is 2. The molecule has 0 radical (unpaired) electrons. The summed E-state index contributed by atoms with van der Waals surface area (Å²) in [6.07, 6.45) is 0. The predicted octanol–water partition coefficient (Wildman–Crippen LogP) is 6.78. The van der Waals surface area contributed by atoms with Crippen LogP contribution in [-0.2, 0) is 4.79 Å². The number of hydrogen-bond donors (Lipinski definition) is 3. The molecular weight excluding hydrogens is 420 g/mol. The Morgan fingerprint density at radius 1 is 0.676 bits per heavy atom. The summed E-state index contributed by atoms with van der Waals surface area (Å²) < 4.78 is 0. The van der Waals surface area contributed by atoms with E-state index in [0.29, 0.717) is 0 Å². The third-order valence-corrected chi connectivity index (χ3v) is 6.59. The normalized spacial score (nSPS) is 12.3. The largest absolute Gasteiger partial charge is 0.354 e. The maximum absolute atomic E-state index is 13.2. The van der Waals surface area contributed by atoms with Crippen LogP contribution in [0.15, 0.2) is 109 Å². The van der Waals surface area contributed by atoms with Crippen molar-refractivity contribution in [2.75, 3.05) is 0 Å². The number of hydroxylamine groups is 1. The van der Waals surface area contributed by atoms with Crippen LogP contribution in [0, 0.1) is 0 Å². The molecule has 6 aromatic rings. The van der Waals surface area contributed by atoms with Gasteiger partial charge in [0.15, 0.2) is 0 Å². The van der Waals surface area contributed by atoms with Crippen molar-refractivity contribution in [2.24, 2.45) is 0 Å². The van der Waals surface area contributed by atoms with Crippen LogP contribution < -0.4 is 5.48 Å². The van der Waals surface area contributed by atoms with E-state index in [1.165, 1.54) is 0 Å². The SMILES string of the molecule is O=C(NO)C(c1ccccc1)c1c(-c2cccc3ccccc23)[nH]c2c1ccc1ccccc12. The molecule has 34 heavy (non-hydrogen) atoms. The molecule has 1 aromatic heterocycles. The average molecular weight is 443 g/mol. The number of benzene rings is 5. The van der Waals surface area contributed by atoms with Gasteiger partial charge in [-0.2, -0.15) is 0 Å². The van der Waals surface area contributed by atoms with Gasteiger partial charge in [0.25, 0.3) is 5.91 Å². The molecule has 3 N–H and O–H groups in total. The van der Waals surface area contributed by atoms with Gasteiger partial charge in [-0.15, -0.1) is 0 Å². The molecule has 4 nitrogen and oxygen atoms in total. The fraction of sp³-hybridized carbons (Fsp3) is 0.0333. The molecule has 0 aliphatic heterocycles. The summed E-state index contributed by atoms with van der Waals surface area (Å²) in [5, 5.41) is 15.1. The van der Waals surface area contributed by atoms with E-state index in [-0.39, 0.29) is 0 Å². The lowest BCUT2D eigenvalue weighted by atomic mass is 9.86. The second-order valence-electron chi connectivity index (χ2n) is 8.47. The van der Waals surface area contributed by atoms with E-state index in [9.17, 15) is 10.0 Å². The quantitative estimate of drug-likeness (QED) is 0.208. The molecule has 0 fully saturated rings. The second-order valence-corrected chi connectivity index (χ2v) is 8.47. The van der Waals surface area contributed by atoms with Gasteiger partial charge in [-0.3, -0.25) is 10.0 Å². The van der Waals surface area contributed by atoms with Crippen LogP contribution in [0.2, 0.25) is 0 Å². The van der Waals surface area contributed by atoms with Crippen molar-refractivity contribution >= 4 is 38.4 Å². The first kappa shape index (κ1) is 20.2. The monoisotopic (exact) mass is 442 g/mol. The lowest BCUT2D eigenvalue weighted by Gasteiger charge is -2.18. The van der Waals surface area contributed by atoms with E-state index in [1.54, 1.807) is 0 Å². The summed E-state index contributed by atoms with van der Waals surface area (Å²) in [7, 11) is 0. The highest BCUT2D eigenvalue weighted by Crippen LogP contribution is 2.42. The number of amides is 1. The zero-order valence-corrected chi connectivity index (χ0v) is 18.3. The van der Waals surface area contributed by atoms with Crippen molar-refractivity contribution in [3.05, 3.63) is 120 Å². The Bertz CT molecular complexity index is 1660. The summed E-state index contributed by atoms with van der Waals surface area (Å²) in [5.74, 6) is -1.17. The van der Waals surface area contributed by atoms with E-state index in [0.717, 1.165) is 54.8 Å². The predicted molar refractivity (Wildman–Crippen MR) is 137 cm³/mol. The Hall–Kier alpha value is -4.41. The van der Waals surface area contributed by atoms with E-state index >= 15 is 0 Å². The number of H-pyrrole nitrogens is 1. The molecule has 0 saturated carbocycles. The number of nitrogens with one attached hydrogen (secondary N) is 2. The molecule has 1 unspecified atom stereocenters. The van der Waals surface area contributed by atoms with E-state index in [4.69, 9.17) is 0 Å². The molecule has 6 rings (SSSR count). The van der Waals surface area contributed by atoms with Gasteiger partial charge in [-0.25, -0.2) is 5.48 Å². The maximum Gasteiger partial charge on any atom is 0.255 e. The number of aromatic nitrogens is 1. The molecule has 1 heterocycles. The molecule has 0 aliphatic carbocycles. The minimum Gasteiger partial charge on any atom is -0.354 e. The average Bonchev–Trinajstić information content (AvgIpc) is 3.28. The summed E-state index contributed by atoms with van der Waals surface area (Å²) in [6.45, 7) is 0. The summed E-state index contributed by atoms with van der Waals surface area (Å²) in [5.41, 5.74) is 6.43.